The largest absolute Gasteiger partial charge is 0.635 e. The molecule has 0 amide bonds. The van der Waals surface area contributed by atoms with E-state index in [0.29, 0.717) is 12.8 Å². The van der Waals surface area contributed by atoms with E-state index >= 15 is 0 Å². The van der Waals surface area contributed by atoms with E-state index in [9.17, 15) is 5.21 Å². The fourth-order valence-corrected chi connectivity index (χ4v) is 3.85. The molecule has 0 fully saturated rings. The molecule has 0 radical (unpaired) electrons. The van der Waals surface area contributed by atoms with Gasteiger partial charge in [0.25, 0.3) is 0 Å². The van der Waals surface area contributed by atoms with Crippen molar-refractivity contribution in [2.24, 2.45) is 0 Å². The maximum Gasteiger partial charge on any atom is 0.100 e. The van der Waals surface area contributed by atoms with Gasteiger partial charge in [0, 0.05) is 32.5 Å². The van der Waals surface area contributed by atoms with Gasteiger partial charge < -0.3 is 20.9 Å². The number of nitrogens with two attached hydrogens (primary N) is 1. The molecule has 4 nitrogen and oxygen atoms in total. The Hall–Kier alpha value is -0.160. The van der Waals surface area contributed by atoms with Crippen LogP contribution in [0.1, 0.15) is 122 Å². The van der Waals surface area contributed by atoms with Gasteiger partial charge in [-0.3, -0.25) is 0 Å². The maximum absolute atomic E-state index is 11.4. The first-order valence-electron chi connectivity index (χ1n) is 11.4. The average Bonchev–Trinajstić information content (AvgIpc) is 2.65. The number of hydroxylamine groups is 1. The van der Waals surface area contributed by atoms with E-state index in [4.69, 9.17) is 10.2 Å². The molecule has 4 N–H and O–H groups in total. The summed E-state index contributed by atoms with van der Waals surface area (Å²) in [6, 6.07) is 0. The normalized spacial score (nSPS) is 12.0. The molecular weight excluding hydrogens is 326 g/mol. The third-order valence-electron chi connectivity index (χ3n) is 5.75. The second kappa shape index (κ2) is 19.6. The van der Waals surface area contributed by atoms with Crippen LogP contribution in [0.4, 0.5) is 0 Å². The molecule has 0 rings (SSSR count). The summed E-state index contributed by atoms with van der Waals surface area (Å²) in [5.41, 5.74) is 0.462. The fourth-order valence-electron chi connectivity index (χ4n) is 3.85. The van der Waals surface area contributed by atoms with Crippen LogP contribution in [-0.2, 0) is 0 Å². The van der Waals surface area contributed by atoms with E-state index in [-0.39, 0.29) is 13.2 Å². The van der Waals surface area contributed by atoms with Crippen LogP contribution in [0, 0.1) is 5.21 Å². The molecular formula is C22H47NO3. The van der Waals surface area contributed by atoms with Crippen LogP contribution in [0.2, 0.25) is 0 Å². The predicted molar refractivity (Wildman–Crippen MR) is 111 cm³/mol. The number of rotatable bonds is 21. The highest BCUT2D eigenvalue weighted by Gasteiger charge is 2.29. The number of aliphatic hydroxyl groups excluding tert-OH is 2. The molecule has 0 aromatic heterocycles. The molecule has 0 atom stereocenters. The average molecular weight is 374 g/mol. The summed E-state index contributed by atoms with van der Waals surface area (Å²) in [5, 5.41) is 29.7. The van der Waals surface area contributed by atoms with Crippen molar-refractivity contribution in [2.75, 3.05) is 13.2 Å². The Morgan fingerprint density at radius 3 is 1.23 bits per heavy atom. The molecule has 4 heteroatoms. The number of hydrogen-bond donors (Lipinski definition) is 3. The molecule has 158 valence electrons. The summed E-state index contributed by atoms with van der Waals surface area (Å²) in [6.07, 6.45) is 21.8. The quantitative estimate of drug-likeness (QED) is 0.199. The SMILES string of the molecule is CCCCCCCCCCCCCCCCCC(CCO)(CCO)[NH2+][O-]. The summed E-state index contributed by atoms with van der Waals surface area (Å²) >= 11 is 0. The van der Waals surface area contributed by atoms with Crippen molar-refractivity contribution >= 4 is 0 Å². The number of unbranched alkanes of at least 4 members (excludes halogenated alkanes) is 14. The topological polar surface area (TPSA) is 80.1 Å². The zero-order valence-electron chi connectivity index (χ0n) is 17.5. The van der Waals surface area contributed by atoms with Crippen molar-refractivity contribution < 1.29 is 15.7 Å². The van der Waals surface area contributed by atoms with Crippen molar-refractivity contribution in [3.05, 3.63) is 5.21 Å². The van der Waals surface area contributed by atoms with Gasteiger partial charge in [-0.1, -0.05) is 96.8 Å². The molecule has 0 aliphatic carbocycles. The number of aliphatic hydroxyl groups is 2. The van der Waals surface area contributed by atoms with Crippen LogP contribution >= 0.6 is 0 Å². The lowest BCUT2D eigenvalue weighted by Gasteiger charge is -2.32. The van der Waals surface area contributed by atoms with Crippen molar-refractivity contribution in [2.45, 2.75) is 128 Å². The minimum atomic E-state index is -0.500. The highest BCUT2D eigenvalue weighted by atomic mass is 16.5. The van der Waals surface area contributed by atoms with Crippen LogP contribution < -0.4 is 5.48 Å². The van der Waals surface area contributed by atoms with Crippen LogP contribution in [0.5, 0.6) is 0 Å². The van der Waals surface area contributed by atoms with Gasteiger partial charge in [0.2, 0.25) is 0 Å². The van der Waals surface area contributed by atoms with Crippen LogP contribution in [-0.4, -0.2) is 29.0 Å². The van der Waals surface area contributed by atoms with Crippen molar-refractivity contribution in [1.29, 1.82) is 0 Å². The maximum atomic E-state index is 11.4. The lowest BCUT2D eigenvalue weighted by atomic mass is 9.86. The molecule has 0 saturated heterocycles. The Morgan fingerprint density at radius 1 is 0.577 bits per heavy atom. The number of hydrogen-bond acceptors (Lipinski definition) is 3. The molecule has 0 aliphatic rings. The second-order valence-electron chi connectivity index (χ2n) is 8.13. The lowest BCUT2D eigenvalue weighted by Crippen LogP contribution is -2.92. The molecule has 0 bridgehead atoms. The molecule has 0 heterocycles. The Bertz CT molecular complexity index is 268. The smallest absolute Gasteiger partial charge is 0.100 e. The van der Waals surface area contributed by atoms with Gasteiger partial charge in [0.1, 0.15) is 5.54 Å². The first kappa shape index (κ1) is 25.8. The van der Waals surface area contributed by atoms with Crippen LogP contribution in [0.3, 0.4) is 0 Å². The van der Waals surface area contributed by atoms with E-state index in [0.717, 1.165) is 24.7 Å². The number of quaternary nitrogens is 1. The minimum Gasteiger partial charge on any atom is -0.635 e. The molecule has 0 aliphatic heterocycles. The second-order valence-corrected chi connectivity index (χ2v) is 8.13. The standard InChI is InChI=1S/C22H47NO3/c1-2-3-4-5-6-7-8-9-10-11-12-13-14-15-16-17-22(23-26,18-20-24)19-21-25/h24-25H,2-21,23H2,1H3. The summed E-state index contributed by atoms with van der Waals surface area (Å²) in [6.45, 7) is 2.32. The Kier molecular flexibility index (Phi) is 19.5. The molecule has 0 aromatic rings. The van der Waals surface area contributed by atoms with E-state index in [1.54, 1.807) is 0 Å². The van der Waals surface area contributed by atoms with E-state index < -0.39 is 5.54 Å². The fraction of sp³-hybridized carbons (Fsp3) is 1.00. The molecule has 26 heavy (non-hydrogen) atoms. The summed E-state index contributed by atoms with van der Waals surface area (Å²) in [5.74, 6) is 0. The van der Waals surface area contributed by atoms with E-state index in [1.165, 1.54) is 83.5 Å². The van der Waals surface area contributed by atoms with Gasteiger partial charge in [-0.15, -0.1) is 0 Å². The van der Waals surface area contributed by atoms with Crippen molar-refractivity contribution in [3.63, 3.8) is 0 Å². The Labute approximate surface area is 162 Å². The third kappa shape index (κ3) is 15.0. The van der Waals surface area contributed by atoms with Gasteiger partial charge in [-0.05, 0) is 6.42 Å². The predicted octanol–water partition coefficient (Wildman–Crippen LogP) is 4.81. The first-order valence-corrected chi connectivity index (χ1v) is 11.4. The highest BCUT2D eigenvalue weighted by Crippen LogP contribution is 2.20. The van der Waals surface area contributed by atoms with E-state index in [2.05, 4.69) is 6.92 Å². The zero-order chi connectivity index (χ0) is 19.3. The van der Waals surface area contributed by atoms with Gasteiger partial charge >= 0.3 is 0 Å². The zero-order valence-corrected chi connectivity index (χ0v) is 17.5. The van der Waals surface area contributed by atoms with Crippen LogP contribution in [0.25, 0.3) is 0 Å². The van der Waals surface area contributed by atoms with Gasteiger partial charge in [0.05, 0.1) is 0 Å². The van der Waals surface area contributed by atoms with E-state index in [1.807, 2.05) is 0 Å². The first-order chi connectivity index (χ1) is 12.7. The van der Waals surface area contributed by atoms with Crippen LogP contribution in [0.15, 0.2) is 0 Å². The molecule has 0 spiro atoms. The summed E-state index contributed by atoms with van der Waals surface area (Å²) in [7, 11) is 0. The van der Waals surface area contributed by atoms with Gasteiger partial charge in [0.15, 0.2) is 0 Å². The third-order valence-corrected chi connectivity index (χ3v) is 5.75. The lowest BCUT2D eigenvalue weighted by molar-refractivity contribution is -0.674. The summed E-state index contributed by atoms with van der Waals surface area (Å²) in [4.78, 5) is 0. The monoisotopic (exact) mass is 373 g/mol. The minimum absolute atomic E-state index is 0.0253. The van der Waals surface area contributed by atoms with Crippen molar-refractivity contribution in [1.82, 2.24) is 0 Å². The van der Waals surface area contributed by atoms with Gasteiger partial charge in [-0.2, -0.15) is 0 Å². The molecule has 0 saturated carbocycles. The Morgan fingerprint density at radius 2 is 0.923 bits per heavy atom. The Balaban J connectivity index is 3.39. The molecule has 0 unspecified atom stereocenters. The summed E-state index contributed by atoms with van der Waals surface area (Å²) < 4.78 is 0. The van der Waals surface area contributed by atoms with Gasteiger partial charge in [-0.25, -0.2) is 0 Å². The van der Waals surface area contributed by atoms with Crippen molar-refractivity contribution in [3.8, 4) is 0 Å². The molecule has 0 aromatic carbocycles. The highest BCUT2D eigenvalue weighted by molar-refractivity contribution is 4.77.